The highest BCUT2D eigenvalue weighted by Gasteiger charge is 2.15. The number of H-pyrrole nitrogens is 1. The van der Waals surface area contributed by atoms with Crippen molar-refractivity contribution in [1.29, 1.82) is 0 Å². The molecule has 2 aromatic heterocycles. The largest absolute Gasteiger partial charge is 0.444 e. The predicted octanol–water partition coefficient (Wildman–Crippen LogP) is 1.81. The van der Waals surface area contributed by atoms with Crippen LogP contribution in [-0.4, -0.2) is 33.2 Å². The van der Waals surface area contributed by atoms with Crippen molar-refractivity contribution >= 4 is 22.9 Å². The Hall–Kier alpha value is -2.75. The lowest BCUT2D eigenvalue weighted by atomic mass is 10.2. The number of nitrogens with zero attached hydrogens (tertiary/aromatic N) is 2. The van der Waals surface area contributed by atoms with Crippen LogP contribution in [0.3, 0.4) is 0 Å². The van der Waals surface area contributed by atoms with E-state index in [0.717, 1.165) is 10.9 Å². The average molecular weight is 301 g/mol. The summed E-state index contributed by atoms with van der Waals surface area (Å²) in [4.78, 5) is 22.5. The van der Waals surface area contributed by atoms with Crippen LogP contribution in [0.25, 0.3) is 11.0 Å². The molecule has 2 aromatic rings. The Morgan fingerprint density at radius 1 is 1.45 bits per heavy atom. The van der Waals surface area contributed by atoms with Gasteiger partial charge in [0.05, 0.1) is 10.9 Å². The molecule has 0 aliphatic carbocycles. The maximum atomic E-state index is 11.5. The van der Waals surface area contributed by atoms with Gasteiger partial charge in [-0.05, 0) is 20.8 Å². The molecule has 0 spiro atoms. The molecule has 0 fully saturated rings. The van der Waals surface area contributed by atoms with E-state index in [1.54, 1.807) is 6.20 Å². The number of rotatable bonds is 2. The van der Waals surface area contributed by atoms with E-state index in [1.807, 2.05) is 20.8 Å². The normalized spacial score (nSPS) is 10.9. The monoisotopic (exact) mass is 301 g/mol. The van der Waals surface area contributed by atoms with Crippen molar-refractivity contribution in [3.63, 3.8) is 0 Å². The molecule has 116 valence electrons. The first kappa shape index (κ1) is 15.6. The van der Waals surface area contributed by atoms with Gasteiger partial charge in [0.25, 0.3) is 0 Å². The summed E-state index contributed by atoms with van der Waals surface area (Å²) in [5, 5.41) is 3.36. The van der Waals surface area contributed by atoms with E-state index in [9.17, 15) is 4.79 Å². The van der Waals surface area contributed by atoms with E-state index in [-0.39, 0.29) is 0 Å². The maximum absolute atomic E-state index is 11.5. The summed E-state index contributed by atoms with van der Waals surface area (Å²) < 4.78 is 5.13. The first-order chi connectivity index (χ1) is 10.4. The van der Waals surface area contributed by atoms with Crippen LogP contribution in [0, 0.1) is 11.8 Å². The van der Waals surface area contributed by atoms with Crippen LogP contribution in [-0.2, 0) is 4.74 Å². The van der Waals surface area contributed by atoms with Crippen LogP contribution in [0.4, 0.5) is 10.6 Å². The Labute approximate surface area is 128 Å². The van der Waals surface area contributed by atoms with Crippen molar-refractivity contribution in [3.05, 3.63) is 18.1 Å². The molecule has 2 heterocycles. The molecule has 0 radical (unpaired) electrons. The van der Waals surface area contributed by atoms with Gasteiger partial charge < -0.3 is 20.8 Å². The second-order valence-corrected chi connectivity index (χ2v) is 5.67. The lowest BCUT2D eigenvalue weighted by molar-refractivity contribution is 0.0529. The number of carbonyl (C=O) groups excluding carboxylic acids is 1. The molecule has 0 aliphatic heterocycles. The van der Waals surface area contributed by atoms with E-state index in [0.29, 0.717) is 24.4 Å². The number of alkyl carbamates (subject to hydrolysis) is 1. The first-order valence-electron chi connectivity index (χ1n) is 6.90. The zero-order valence-electron chi connectivity index (χ0n) is 12.9. The molecule has 4 N–H and O–H groups in total. The summed E-state index contributed by atoms with van der Waals surface area (Å²) in [6.07, 6.45) is 3.19. The number of aromatic amines is 1. The van der Waals surface area contributed by atoms with Crippen molar-refractivity contribution < 1.29 is 9.53 Å². The van der Waals surface area contributed by atoms with Crippen LogP contribution < -0.4 is 11.1 Å². The summed E-state index contributed by atoms with van der Waals surface area (Å²) in [6.45, 7) is 5.86. The van der Waals surface area contributed by atoms with Gasteiger partial charge in [0.2, 0.25) is 0 Å². The third-order valence-corrected chi connectivity index (χ3v) is 2.64. The van der Waals surface area contributed by atoms with Gasteiger partial charge in [-0.2, -0.15) is 0 Å². The standard InChI is InChI=1S/C15H19N5O2/c1-15(2,3)22-14(21)17-7-5-4-6-10-8-18-13-11(10)12(16)19-9-20-13/h8-9H,5,7H2,1-3H3,(H,17,21)(H3,16,18,19,20). The fraction of sp³-hybridized carbons (Fsp3) is 0.400. The third kappa shape index (κ3) is 4.12. The second-order valence-electron chi connectivity index (χ2n) is 5.67. The van der Waals surface area contributed by atoms with Gasteiger partial charge in [-0.15, -0.1) is 0 Å². The minimum Gasteiger partial charge on any atom is -0.444 e. The quantitative estimate of drug-likeness (QED) is 0.579. The maximum Gasteiger partial charge on any atom is 0.407 e. The number of anilines is 1. The second kappa shape index (κ2) is 6.35. The fourth-order valence-electron chi connectivity index (χ4n) is 1.78. The lowest BCUT2D eigenvalue weighted by Crippen LogP contribution is -2.32. The minimum absolute atomic E-state index is 0.391. The molecule has 7 heteroatoms. The molecule has 0 aromatic carbocycles. The smallest absolute Gasteiger partial charge is 0.407 e. The molecular weight excluding hydrogens is 282 g/mol. The zero-order valence-corrected chi connectivity index (χ0v) is 12.9. The van der Waals surface area contributed by atoms with E-state index >= 15 is 0 Å². The van der Waals surface area contributed by atoms with Crippen molar-refractivity contribution in [3.8, 4) is 11.8 Å². The topological polar surface area (TPSA) is 106 Å². The highest BCUT2D eigenvalue weighted by molar-refractivity contribution is 5.91. The first-order valence-corrected chi connectivity index (χ1v) is 6.90. The average Bonchev–Trinajstić information content (AvgIpc) is 2.81. The fourth-order valence-corrected chi connectivity index (χ4v) is 1.78. The molecule has 0 saturated heterocycles. The van der Waals surface area contributed by atoms with Gasteiger partial charge in [-0.1, -0.05) is 11.8 Å². The molecular formula is C15H19N5O2. The number of aromatic nitrogens is 3. The van der Waals surface area contributed by atoms with Crippen molar-refractivity contribution in [2.24, 2.45) is 0 Å². The van der Waals surface area contributed by atoms with E-state index < -0.39 is 11.7 Å². The van der Waals surface area contributed by atoms with E-state index in [1.165, 1.54) is 6.33 Å². The van der Waals surface area contributed by atoms with E-state index in [2.05, 4.69) is 32.1 Å². The van der Waals surface area contributed by atoms with Crippen LogP contribution in [0.2, 0.25) is 0 Å². The van der Waals surface area contributed by atoms with Crippen molar-refractivity contribution in [2.75, 3.05) is 12.3 Å². The minimum atomic E-state index is -0.503. The highest BCUT2D eigenvalue weighted by atomic mass is 16.6. The molecule has 0 bridgehead atoms. The van der Waals surface area contributed by atoms with Gasteiger partial charge in [0.1, 0.15) is 23.4 Å². The van der Waals surface area contributed by atoms with Crippen LogP contribution in [0.1, 0.15) is 32.8 Å². The molecule has 0 atom stereocenters. The lowest BCUT2D eigenvalue weighted by Gasteiger charge is -2.19. The Kier molecular flexibility index (Phi) is 4.51. The van der Waals surface area contributed by atoms with Gasteiger partial charge >= 0.3 is 6.09 Å². The molecule has 1 amide bonds. The number of fused-ring (bicyclic) bond motifs is 1. The van der Waals surface area contributed by atoms with Gasteiger partial charge in [-0.3, -0.25) is 0 Å². The number of hydrogen-bond acceptors (Lipinski definition) is 5. The number of nitrogens with one attached hydrogen (secondary N) is 2. The van der Waals surface area contributed by atoms with Crippen LogP contribution in [0.15, 0.2) is 12.5 Å². The summed E-state index contributed by atoms with van der Waals surface area (Å²) >= 11 is 0. The Bertz CT molecular complexity index is 734. The Balaban J connectivity index is 1.90. The summed E-state index contributed by atoms with van der Waals surface area (Å²) in [5.74, 6) is 6.36. The number of hydrogen-bond donors (Lipinski definition) is 3. The number of amides is 1. The van der Waals surface area contributed by atoms with Crippen LogP contribution >= 0.6 is 0 Å². The Morgan fingerprint density at radius 2 is 2.23 bits per heavy atom. The summed E-state index contributed by atoms with van der Waals surface area (Å²) in [5.41, 5.74) is 6.71. The molecule has 0 unspecified atom stereocenters. The van der Waals surface area contributed by atoms with Crippen molar-refractivity contribution in [2.45, 2.75) is 32.8 Å². The van der Waals surface area contributed by atoms with Gasteiger partial charge in [-0.25, -0.2) is 14.8 Å². The molecule has 2 rings (SSSR count). The Morgan fingerprint density at radius 3 is 2.95 bits per heavy atom. The summed E-state index contributed by atoms with van der Waals surface area (Å²) in [7, 11) is 0. The van der Waals surface area contributed by atoms with Gasteiger partial charge in [0, 0.05) is 19.2 Å². The number of ether oxygens (including phenoxy) is 1. The molecule has 22 heavy (non-hydrogen) atoms. The zero-order chi connectivity index (χ0) is 16.2. The number of nitrogens with two attached hydrogens (primary N) is 1. The van der Waals surface area contributed by atoms with Crippen molar-refractivity contribution in [1.82, 2.24) is 20.3 Å². The predicted molar refractivity (Wildman–Crippen MR) is 84.0 cm³/mol. The third-order valence-electron chi connectivity index (χ3n) is 2.64. The summed E-state index contributed by atoms with van der Waals surface area (Å²) in [6, 6.07) is 0. The number of nitrogen functional groups attached to an aromatic ring is 1. The SMILES string of the molecule is CC(C)(C)OC(=O)NCCC#Cc1c[nH]c2ncnc(N)c12. The van der Waals surface area contributed by atoms with E-state index in [4.69, 9.17) is 10.5 Å². The molecule has 0 saturated carbocycles. The molecule has 0 aliphatic rings. The van der Waals surface area contributed by atoms with Crippen LogP contribution in [0.5, 0.6) is 0 Å². The van der Waals surface area contributed by atoms with Gasteiger partial charge in [0.15, 0.2) is 0 Å². The molecule has 7 nitrogen and oxygen atoms in total. The number of carbonyl (C=O) groups is 1. The highest BCUT2D eigenvalue weighted by Crippen LogP contribution is 2.19.